The lowest BCUT2D eigenvalue weighted by Gasteiger charge is -2.51. The van der Waals surface area contributed by atoms with Gasteiger partial charge in [-0.3, -0.25) is 72.6 Å². The molecule has 758 valence electrons. The summed E-state index contributed by atoms with van der Waals surface area (Å²) in [7, 11) is 5.57. The number of rotatable bonds is 38. The Morgan fingerprint density at radius 1 is 0.348 bits per heavy atom. The third kappa shape index (κ3) is 27.5. The fraction of sp³-hybridized carbons (Fsp3) is 0.779. The summed E-state index contributed by atoms with van der Waals surface area (Å²) in [5, 5.41) is 1.83. The predicted molar refractivity (Wildman–Crippen MR) is 481 cm³/mol. The molecule has 1 aromatic rings. The molecular weight excluding hydrogens is 1790 g/mol. The van der Waals surface area contributed by atoms with Crippen molar-refractivity contribution in [3.05, 3.63) is 34.9 Å². The van der Waals surface area contributed by atoms with Crippen LogP contribution in [0.5, 0.6) is 0 Å². The average molecular weight is 1930 g/mol. The van der Waals surface area contributed by atoms with Crippen molar-refractivity contribution < 1.29 is 157 Å². The van der Waals surface area contributed by atoms with Crippen LogP contribution in [0.25, 0.3) is 0 Å². The van der Waals surface area contributed by atoms with Gasteiger partial charge in [0.1, 0.15) is 104 Å². The highest BCUT2D eigenvalue weighted by atomic mass is 32.1. The summed E-state index contributed by atoms with van der Waals surface area (Å²) in [6.45, 7) is 29.3. The van der Waals surface area contributed by atoms with Crippen LogP contribution in [0.4, 0.5) is 24.0 Å². The number of piperidine rings is 18. The maximum Gasteiger partial charge on any atom is 0.508 e. The SMILES string of the molecule is C=C(OCC)OCC1(COC(=O)OCC)C(=O)C2CCN1CC2.CC(C)COC(=O)OCC1(COC(=O)OCC(C)C)C(=O)C2CCN1CC2.CCCC(=O)OCC1(COC(=O)CCC)C(=O)C2CCN1CC2.COC(=O)OCC1(COC(=O)OC)C(=O)C2CCN1CC2.COCC1(COC(=O)C2CCC2)C(=O)C2CCN1CC2.COCC1(COC(=O)c2cccs2)C(=O)C2CCN1CC2. The Labute approximate surface area is 795 Å². The molecule has 0 aromatic carbocycles. The van der Waals surface area contributed by atoms with Crippen LogP contribution in [0.3, 0.4) is 0 Å². The van der Waals surface area contributed by atoms with Crippen LogP contribution in [0, 0.1) is 53.3 Å². The molecule has 18 saturated heterocycles. The van der Waals surface area contributed by atoms with Crippen LogP contribution in [-0.2, 0) is 128 Å². The highest BCUT2D eigenvalue weighted by Gasteiger charge is 2.61. The normalized spacial score (nSPS) is 28.3. The minimum atomic E-state index is -1.16. The van der Waals surface area contributed by atoms with E-state index in [0.717, 1.165) is 149 Å². The first kappa shape index (κ1) is 110. The number of ketones is 6. The lowest BCUT2D eigenvalue weighted by Crippen LogP contribution is -2.69. The molecule has 19 heterocycles. The molecule has 0 spiro atoms. The third-order valence-corrected chi connectivity index (χ3v) is 28.7. The van der Waals surface area contributed by atoms with Crippen molar-refractivity contribution in [1.29, 1.82) is 0 Å². The van der Waals surface area contributed by atoms with Gasteiger partial charge in [-0.15, -0.1) is 11.3 Å². The van der Waals surface area contributed by atoms with Crippen LogP contribution >= 0.6 is 11.3 Å². The van der Waals surface area contributed by atoms with Gasteiger partial charge in [-0.25, -0.2) is 28.8 Å². The number of thiophene rings is 1. The Hall–Kier alpha value is -9.03. The van der Waals surface area contributed by atoms with E-state index in [1.54, 1.807) is 27.2 Å². The van der Waals surface area contributed by atoms with Crippen molar-refractivity contribution in [2.75, 3.05) is 213 Å². The molecule has 3 unspecified atom stereocenters. The smallest absolute Gasteiger partial charge is 0.466 e. The third-order valence-electron chi connectivity index (χ3n) is 27.8. The van der Waals surface area contributed by atoms with Crippen molar-refractivity contribution in [3.8, 4) is 0 Å². The van der Waals surface area contributed by atoms with Crippen molar-refractivity contribution in [2.24, 2.45) is 53.3 Å². The number of hydrogen-bond acceptors (Lipinski definition) is 40. The van der Waals surface area contributed by atoms with Gasteiger partial charge in [0.05, 0.1) is 59.8 Å². The van der Waals surface area contributed by atoms with Gasteiger partial charge < -0.3 is 85.3 Å². The van der Waals surface area contributed by atoms with E-state index < -0.39 is 64.0 Å². The first-order valence-corrected chi connectivity index (χ1v) is 48.7. The molecule has 20 rings (SSSR count). The van der Waals surface area contributed by atoms with Gasteiger partial charge in [0.15, 0.2) is 34.7 Å². The molecule has 0 N–H and O–H groups in total. The molecule has 0 radical (unpaired) electrons. The summed E-state index contributed by atoms with van der Waals surface area (Å²) in [6, 6.07) is 3.54. The number of hydrogen-bond donors (Lipinski definition) is 0. The van der Waals surface area contributed by atoms with E-state index in [2.05, 4.69) is 25.9 Å². The average Bonchev–Trinajstić information content (AvgIpc) is 0.964. The van der Waals surface area contributed by atoms with Crippen LogP contribution in [0.15, 0.2) is 30.0 Å². The van der Waals surface area contributed by atoms with Crippen LogP contribution in [0.1, 0.15) is 187 Å². The quantitative estimate of drug-likeness (QED) is 0.0338. The first-order chi connectivity index (χ1) is 64.7. The largest absolute Gasteiger partial charge is 0.508 e. The van der Waals surface area contributed by atoms with Gasteiger partial charge >= 0.3 is 54.7 Å². The van der Waals surface area contributed by atoms with E-state index in [-0.39, 0.29) is 210 Å². The predicted octanol–water partition coefficient (Wildman–Crippen LogP) is 9.24. The number of nitrogens with zero attached hydrogens (tertiary/aromatic N) is 6. The fourth-order valence-corrected chi connectivity index (χ4v) is 20.6. The molecule has 0 amide bonds. The van der Waals surface area contributed by atoms with E-state index in [1.807, 2.05) is 79.5 Å². The monoisotopic (exact) mass is 1930 g/mol. The number of fused-ring (bicyclic) bond motifs is 18. The van der Waals surface area contributed by atoms with E-state index in [9.17, 15) is 71.9 Å². The number of carbonyl (C=O) groups is 15. The zero-order valence-electron chi connectivity index (χ0n) is 80.9. The summed E-state index contributed by atoms with van der Waals surface area (Å²) >= 11 is 1.34. The highest BCUT2D eigenvalue weighted by Crippen LogP contribution is 2.44. The molecule has 12 bridgehead atoms. The zero-order valence-corrected chi connectivity index (χ0v) is 81.7. The summed E-state index contributed by atoms with van der Waals surface area (Å²) in [6.07, 6.45) is 11.0. The molecule has 3 atom stereocenters. The zero-order chi connectivity index (χ0) is 98.3. The number of Topliss-reactive ketones (excluding diaryl/α,β-unsaturated/α-hetero) is 6. The Morgan fingerprint density at radius 2 is 0.622 bits per heavy atom. The summed E-state index contributed by atoms with van der Waals surface area (Å²) in [5.41, 5.74) is -5.77. The standard InChI is InChI=1S/C19H31NO7.C17H27NO5.C16H25NO6.C15H19NO4S.C15H23NO4.C13H19NO7/c1-13(2)9-24-17(22)26-11-19(12-27-18(23)25-10-14(3)4)16(21)15-5-7-20(19)8-6-15;1-3-5-14(19)22-11-17(12-23-15(20)6-4-2)16(21)13-7-9-18(17)10-8-13;1-4-20-12(3)22-10-16(11-23-15(19)21-5-2)14(18)13-6-8-17(16)9-7-13;1-19-9-15(10-20-14(18)12-3-2-8-21-12)13(17)11-4-6-16(15)7-5-11;1-19-9-15(10-20-14(18)12-3-2-4-12)13(17)11-5-7-16(15)8-6-11;1-18-11(16)20-7-13(8-21-12(17)19-2)10(15)9-3-5-14(13)6-4-9/h13-15H,5-12H2,1-4H3;13H,3-12H2,1-2H3;13H,3-11H2,1-2H3;2-3,8,11H,4-7,9-10H2,1H3;11-12H,2-10H2,1H3;9H,3-8H2,1-2H3. The lowest BCUT2D eigenvalue weighted by atomic mass is 9.74. The van der Waals surface area contributed by atoms with Crippen molar-refractivity contribution >= 4 is 101 Å². The molecule has 19 fully saturated rings. The van der Waals surface area contributed by atoms with Gasteiger partial charge in [0.25, 0.3) is 5.95 Å². The van der Waals surface area contributed by atoms with Crippen molar-refractivity contribution in [1.82, 2.24) is 29.4 Å². The Kier molecular flexibility index (Phi) is 42.3. The van der Waals surface area contributed by atoms with Crippen LogP contribution in [0.2, 0.25) is 0 Å². The molecule has 19 aliphatic rings. The van der Waals surface area contributed by atoms with E-state index >= 15 is 0 Å². The van der Waals surface area contributed by atoms with Crippen LogP contribution in [-0.4, -0.2) is 365 Å². The molecule has 1 aromatic heterocycles. The maximum atomic E-state index is 13.0. The fourth-order valence-electron chi connectivity index (χ4n) is 20.0. The topological polar surface area (TPSA) is 442 Å². The number of ether oxygens (including phenoxy) is 18. The number of carbonyl (C=O) groups excluding carboxylic acids is 15. The Bertz CT molecular complexity index is 3960. The molecule has 40 heteroatoms. The second kappa shape index (κ2) is 52.1. The lowest BCUT2D eigenvalue weighted by molar-refractivity contribution is -0.173. The Morgan fingerprint density at radius 3 is 0.874 bits per heavy atom. The molecule has 18 aliphatic heterocycles. The Balaban J connectivity index is 0.000000182. The van der Waals surface area contributed by atoms with Gasteiger partial charge in [-0.2, -0.15) is 0 Å². The molecule has 1 saturated carbocycles. The van der Waals surface area contributed by atoms with Gasteiger partial charge in [-0.05, 0) is 146 Å². The first-order valence-electron chi connectivity index (χ1n) is 47.9. The summed E-state index contributed by atoms with van der Waals surface area (Å²) in [4.78, 5) is 194. The van der Waals surface area contributed by atoms with Crippen LogP contribution < -0.4 is 0 Å². The van der Waals surface area contributed by atoms with Gasteiger partial charge in [0.2, 0.25) is 0 Å². The van der Waals surface area contributed by atoms with E-state index in [4.69, 9.17) is 75.8 Å². The second-order valence-corrected chi connectivity index (χ2v) is 38.4. The van der Waals surface area contributed by atoms with E-state index in [1.165, 1.54) is 25.6 Å². The molecule has 135 heavy (non-hydrogen) atoms. The summed E-state index contributed by atoms with van der Waals surface area (Å²) < 4.78 is 92.1. The highest BCUT2D eigenvalue weighted by molar-refractivity contribution is 7.12. The van der Waals surface area contributed by atoms with E-state index in [0.29, 0.717) is 70.0 Å². The van der Waals surface area contributed by atoms with Gasteiger partial charge in [-0.1, -0.05) is 54.0 Å². The molecular formula is C95H144N6O33S. The minimum Gasteiger partial charge on any atom is -0.466 e. The molecule has 1 aliphatic carbocycles. The maximum absolute atomic E-state index is 13.0. The van der Waals surface area contributed by atoms with Crippen molar-refractivity contribution in [2.45, 2.75) is 211 Å². The second-order valence-electron chi connectivity index (χ2n) is 37.5. The number of esters is 4. The van der Waals surface area contributed by atoms with Gasteiger partial charge in [0, 0.05) is 141 Å². The minimum absolute atomic E-state index is 0.00486. The summed E-state index contributed by atoms with van der Waals surface area (Å²) in [5.74, 6) is -0.122. The van der Waals surface area contributed by atoms with Crippen molar-refractivity contribution in [3.63, 3.8) is 0 Å². The molecule has 39 nitrogen and oxygen atoms in total. The number of methoxy groups -OCH3 is 4.